The summed E-state index contributed by atoms with van der Waals surface area (Å²) >= 11 is 1.42. The average Bonchev–Trinajstić information content (AvgIpc) is 2.86. The fourth-order valence-electron chi connectivity index (χ4n) is 1.68. The molecule has 0 unspecified atom stereocenters. The smallest absolute Gasteiger partial charge is 0.335 e. The standard InChI is InChI=1S/C13H13NO4S2/c1-2-12-14-10(7-19-12)8-20(17,18)11-5-3-4-9(6-11)13(15)16/h3-7H,2,8H2,1H3,(H,15,16). The molecule has 0 amide bonds. The second-order valence-corrected chi connectivity index (χ2v) is 7.11. The summed E-state index contributed by atoms with van der Waals surface area (Å²) in [7, 11) is -3.58. The van der Waals surface area contributed by atoms with E-state index in [9.17, 15) is 13.2 Å². The van der Waals surface area contributed by atoms with E-state index in [4.69, 9.17) is 5.11 Å². The molecule has 2 rings (SSSR count). The van der Waals surface area contributed by atoms with E-state index < -0.39 is 15.8 Å². The number of aryl methyl sites for hydroxylation is 1. The van der Waals surface area contributed by atoms with Crippen LogP contribution in [0, 0.1) is 0 Å². The van der Waals surface area contributed by atoms with Crippen molar-refractivity contribution in [1.82, 2.24) is 4.98 Å². The lowest BCUT2D eigenvalue weighted by Crippen LogP contribution is -2.07. The summed E-state index contributed by atoms with van der Waals surface area (Å²) in [5.41, 5.74) is 0.450. The number of rotatable bonds is 5. The fraction of sp³-hybridized carbons (Fsp3) is 0.231. The third-order valence-corrected chi connectivity index (χ3v) is 5.37. The summed E-state index contributed by atoms with van der Waals surface area (Å²) in [6.07, 6.45) is 0.763. The van der Waals surface area contributed by atoms with Crippen LogP contribution in [-0.4, -0.2) is 24.5 Å². The lowest BCUT2D eigenvalue weighted by molar-refractivity contribution is 0.0696. The van der Waals surface area contributed by atoms with Crippen LogP contribution in [0.25, 0.3) is 0 Å². The maximum absolute atomic E-state index is 12.2. The van der Waals surface area contributed by atoms with Crippen molar-refractivity contribution in [3.8, 4) is 0 Å². The van der Waals surface area contributed by atoms with Crippen LogP contribution < -0.4 is 0 Å². The van der Waals surface area contributed by atoms with Gasteiger partial charge in [-0.1, -0.05) is 13.0 Å². The minimum Gasteiger partial charge on any atom is -0.478 e. The number of hydrogen-bond donors (Lipinski definition) is 1. The van der Waals surface area contributed by atoms with Gasteiger partial charge in [0, 0.05) is 5.38 Å². The molecule has 0 atom stereocenters. The molecule has 2 aromatic rings. The van der Waals surface area contributed by atoms with Gasteiger partial charge in [-0.3, -0.25) is 0 Å². The molecule has 20 heavy (non-hydrogen) atoms. The molecule has 0 fully saturated rings. The molecule has 0 bridgehead atoms. The largest absolute Gasteiger partial charge is 0.478 e. The normalized spacial score (nSPS) is 11.4. The van der Waals surface area contributed by atoms with Gasteiger partial charge < -0.3 is 5.11 Å². The van der Waals surface area contributed by atoms with E-state index in [-0.39, 0.29) is 16.2 Å². The molecule has 0 saturated heterocycles. The van der Waals surface area contributed by atoms with Gasteiger partial charge in [0.15, 0.2) is 9.84 Å². The SMILES string of the molecule is CCc1nc(CS(=O)(=O)c2cccc(C(=O)O)c2)cs1. The Bertz CT molecular complexity index is 734. The van der Waals surface area contributed by atoms with Crippen LogP contribution in [0.3, 0.4) is 0 Å². The number of aromatic carboxylic acids is 1. The Kier molecular flexibility index (Phi) is 4.20. The first kappa shape index (κ1) is 14.7. The van der Waals surface area contributed by atoms with Gasteiger partial charge in [0.25, 0.3) is 0 Å². The number of aromatic nitrogens is 1. The van der Waals surface area contributed by atoms with Gasteiger partial charge in [0.2, 0.25) is 0 Å². The molecular weight excluding hydrogens is 298 g/mol. The molecule has 7 heteroatoms. The summed E-state index contributed by atoms with van der Waals surface area (Å²) in [6, 6.07) is 5.36. The Hall–Kier alpha value is -1.73. The molecule has 1 aromatic heterocycles. The minimum atomic E-state index is -3.58. The lowest BCUT2D eigenvalue weighted by Gasteiger charge is -2.03. The topological polar surface area (TPSA) is 84.3 Å². The zero-order valence-corrected chi connectivity index (χ0v) is 12.4. The van der Waals surface area contributed by atoms with Crippen molar-refractivity contribution in [3.63, 3.8) is 0 Å². The van der Waals surface area contributed by atoms with E-state index in [1.807, 2.05) is 6.92 Å². The maximum atomic E-state index is 12.2. The lowest BCUT2D eigenvalue weighted by atomic mass is 10.2. The van der Waals surface area contributed by atoms with Crippen molar-refractivity contribution in [2.45, 2.75) is 24.0 Å². The first-order valence-electron chi connectivity index (χ1n) is 5.92. The molecule has 0 radical (unpaired) electrons. The quantitative estimate of drug-likeness (QED) is 0.916. The Labute approximate surface area is 120 Å². The maximum Gasteiger partial charge on any atom is 0.335 e. The molecule has 1 N–H and O–H groups in total. The predicted octanol–water partition coefficient (Wildman–Crippen LogP) is 2.38. The van der Waals surface area contributed by atoms with Crippen LogP contribution in [0.5, 0.6) is 0 Å². The highest BCUT2D eigenvalue weighted by molar-refractivity contribution is 7.90. The van der Waals surface area contributed by atoms with Crippen LogP contribution in [0.2, 0.25) is 0 Å². The highest BCUT2D eigenvalue weighted by atomic mass is 32.2. The van der Waals surface area contributed by atoms with Gasteiger partial charge in [0.1, 0.15) is 0 Å². The van der Waals surface area contributed by atoms with Crippen LogP contribution in [0.15, 0.2) is 34.5 Å². The van der Waals surface area contributed by atoms with Crippen molar-refractivity contribution in [1.29, 1.82) is 0 Å². The summed E-state index contributed by atoms with van der Waals surface area (Å²) in [4.78, 5) is 15.1. The summed E-state index contributed by atoms with van der Waals surface area (Å²) in [5, 5.41) is 11.5. The van der Waals surface area contributed by atoms with Crippen molar-refractivity contribution in [3.05, 3.63) is 45.9 Å². The minimum absolute atomic E-state index is 0.00319. The molecule has 106 valence electrons. The Balaban J connectivity index is 2.30. The highest BCUT2D eigenvalue weighted by Gasteiger charge is 2.18. The number of nitrogens with zero attached hydrogens (tertiary/aromatic N) is 1. The average molecular weight is 311 g/mol. The molecule has 0 aliphatic heterocycles. The molecular formula is C13H13NO4S2. The summed E-state index contributed by atoms with van der Waals surface area (Å²) in [5.74, 6) is -1.36. The monoisotopic (exact) mass is 311 g/mol. The molecule has 0 spiro atoms. The first-order chi connectivity index (χ1) is 9.42. The number of benzene rings is 1. The van der Waals surface area contributed by atoms with Gasteiger partial charge in [-0.25, -0.2) is 18.2 Å². The van der Waals surface area contributed by atoms with Crippen molar-refractivity contribution in [2.75, 3.05) is 0 Å². The van der Waals surface area contributed by atoms with Crippen molar-refractivity contribution >= 4 is 27.1 Å². The van der Waals surface area contributed by atoms with E-state index >= 15 is 0 Å². The summed E-state index contributed by atoms with van der Waals surface area (Å²) < 4.78 is 24.5. The second kappa shape index (κ2) is 5.72. The Morgan fingerprint density at radius 1 is 1.40 bits per heavy atom. The number of carboxylic acids is 1. The first-order valence-corrected chi connectivity index (χ1v) is 8.45. The molecule has 5 nitrogen and oxygen atoms in total. The van der Waals surface area contributed by atoms with E-state index in [2.05, 4.69) is 4.98 Å². The van der Waals surface area contributed by atoms with Crippen LogP contribution in [0.1, 0.15) is 28.0 Å². The van der Waals surface area contributed by atoms with Crippen molar-refractivity contribution in [2.24, 2.45) is 0 Å². The molecule has 1 aromatic carbocycles. The van der Waals surface area contributed by atoms with Gasteiger partial charge in [0.05, 0.1) is 26.9 Å². The Morgan fingerprint density at radius 3 is 2.75 bits per heavy atom. The van der Waals surface area contributed by atoms with E-state index in [0.29, 0.717) is 5.69 Å². The van der Waals surface area contributed by atoms with Crippen molar-refractivity contribution < 1.29 is 18.3 Å². The number of hydrogen-bond acceptors (Lipinski definition) is 5. The predicted molar refractivity (Wildman–Crippen MR) is 75.8 cm³/mol. The highest BCUT2D eigenvalue weighted by Crippen LogP contribution is 2.19. The summed E-state index contributed by atoms with van der Waals surface area (Å²) in [6.45, 7) is 1.95. The Morgan fingerprint density at radius 2 is 2.15 bits per heavy atom. The number of carboxylic acid groups (broad SMARTS) is 1. The van der Waals surface area contributed by atoms with Gasteiger partial charge in [-0.15, -0.1) is 11.3 Å². The third kappa shape index (κ3) is 3.23. The zero-order valence-electron chi connectivity index (χ0n) is 10.7. The van der Waals surface area contributed by atoms with Crippen LogP contribution in [0.4, 0.5) is 0 Å². The molecule has 0 aliphatic rings. The van der Waals surface area contributed by atoms with Crippen LogP contribution in [-0.2, 0) is 22.0 Å². The zero-order chi connectivity index (χ0) is 14.8. The second-order valence-electron chi connectivity index (χ2n) is 4.18. The number of sulfone groups is 1. The fourth-order valence-corrected chi connectivity index (χ4v) is 3.82. The van der Waals surface area contributed by atoms with Gasteiger partial charge >= 0.3 is 5.97 Å². The van der Waals surface area contributed by atoms with E-state index in [1.165, 1.54) is 35.6 Å². The third-order valence-electron chi connectivity index (χ3n) is 2.68. The van der Waals surface area contributed by atoms with E-state index in [1.54, 1.807) is 5.38 Å². The number of carbonyl (C=O) groups is 1. The van der Waals surface area contributed by atoms with E-state index in [0.717, 1.165) is 11.4 Å². The molecule has 0 aliphatic carbocycles. The number of thiazole rings is 1. The van der Waals surface area contributed by atoms with Gasteiger partial charge in [-0.05, 0) is 24.6 Å². The molecule has 0 saturated carbocycles. The van der Waals surface area contributed by atoms with Gasteiger partial charge in [-0.2, -0.15) is 0 Å². The van der Waals surface area contributed by atoms with Crippen LogP contribution >= 0.6 is 11.3 Å². The molecule has 1 heterocycles.